The third-order valence-corrected chi connectivity index (χ3v) is 3.66. The molecular weight excluding hydrogens is 236 g/mol. The van der Waals surface area contributed by atoms with Crippen LogP contribution in [0.4, 0.5) is 0 Å². The average Bonchev–Trinajstić information content (AvgIpc) is 2.73. The predicted octanol–water partition coefficient (Wildman–Crippen LogP) is 1.86. The number of rotatable bonds is 5. The van der Waals surface area contributed by atoms with Gasteiger partial charge in [-0.1, -0.05) is 30.3 Å². The lowest BCUT2D eigenvalue weighted by Crippen LogP contribution is -2.30. The van der Waals surface area contributed by atoms with Crippen molar-refractivity contribution in [3.63, 3.8) is 0 Å². The van der Waals surface area contributed by atoms with Crippen LogP contribution in [0.3, 0.4) is 0 Å². The zero-order valence-corrected chi connectivity index (χ0v) is 11.9. The summed E-state index contributed by atoms with van der Waals surface area (Å²) >= 11 is 0. The summed E-state index contributed by atoms with van der Waals surface area (Å²) in [5.41, 5.74) is 9.64. The number of nitrogens with zero attached hydrogens (tertiary/aromatic N) is 3. The van der Waals surface area contributed by atoms with Crippen molar-refractivity contribution in [3.05, 3.63) is 53.3 Å². The summed E-state index contributed by atoms with van der Waals surface area (Å²) in [6.45, 7) is 3.56. The number of nitrogens with two attached hydrogens (primary N) is 1. The Kier molecular flexibility index (Phi) is 4.35. The van der Waals surface area contributed by atoms with Crippen LogP contribution in [-0.2, 0) is 13.6 Å². The first kappa shape index (κ1) is 13.8. The largest absolute Gasteiger partial charge is 0.329 e. The highest BCUT2D eigenvalue weighted by Gasteiger charge is 2.19. The molecule has 0 spiro atoms. The van der Waals surface area contributed by atoms with Crippen LogP contribution in [0.25, 0.3) is 0 Å². The van der Waals surface area contributed by atoms with Crippen LogP contribution in [0.2, 0.25) is 0 Å². The Hall–Kier alpha value is -1.65. The van der Waals surface area contributed by atoms with Crippen LogP contribution in [0.15, 0.2) is 36.5 Å². The van der Waals surface area contributed by atoms with Gasteiger partial charge in [0.15, 0.2) is 0 Å². The number of hydrogen-bond donors (Lipinski definition) is 1. The lowest BCUT2D eigenvalue weighted by atomic mass is 10.1. The van der Waals surface area contributed by atoms with Crippen LogP contribution < -0.4 is 5.73 Å². The summed E-state index contributed by atoms with van der Waals surface area (Å²) in [5.74, 6) is 0. The minimum atomic E-state index is 0.203. The van der Waals surface area contributed by atoms with E-state index in [0.717, 1.165) is 6.54 Å². The van der Waals surface area contributed by atoms with E-state index < -0.39 is 0 Å². The smallest absolute Gasteiger partial charge is 0.0540 e. The molecule has 0 bridgehead atoms. The van der Waals surface area contributed by atoms with Crippen molar-refractivity contribution >= 4 is 0 Å². The summed E-state index contributed by atoms with van der Waals surface area (Å²) in [6.07, 6.45) is 1.92. The van der Waals surface area contributed by atoms with Crippen molar-refractivity contribution in [2.24, 2.45) is 12.8 Å². The summed E-state index contributed by atoms with van der Waals surface area (Å²) in [5, 5.41) is 4.31. The van der Waals surface area contributed by atoms with Crippen LogP contribution in [-0.4, -0.2) is 28.3 Å². The molecule has 0 aliphatic rings. The van der Waals surface area contributed by atoms with Crippen LogP contribution >= 0.6 is 0 Å². The maximum Gasteiger partial charge on any atom is 0.0540 e. The molecule has 1 aromatic carbocycles. The fraction of sp³-hybridized carbons (Fsp3) is 0.400. The van der Waals surface area contributed by atoms with Crippen molar-refractivity contribution in [2.75, 3.05) is 13.6 Å². The first-order chi connectivity index (χ1) is 9.13. The normalized spacial score (nSPS) is 12.9. The van der Waals surface area contributed by atoms with Crippen LogP contribution in [0.5, 0.6) is 0 Å². The standard InChI is InChI=1S/C15H22N4/c1-12-14(10-17-19(12)3)15(9-16)18(2)11-13-7-5-4-6-8-13/h4-8,10,15H,9,11,16H2,1-3H3. The van der Waals surface area contributed by atoms with Gasteiger partial charge in [0.2, 0.25) is 0 Å². The number of benzene rings is 1. The van der Waals surface area contributed by atoms with Gasteiger partial charge in [-0.05, 0) is 19.5 Å². The summed E-state index contributed by atoms with van der Waals surface area (Å²) in [6, 6.07) is 10.6. The highest BCUT2D eigenvalue weighted by molar-refractivity contribution is 5.22. The van der Waals surface area contributed by atoms with E-state index in [-0.39, 0.29) is 6.04 Å². The molecule has 2 N–H and O–H groups in total. The minimum Gasteiger partial charge on any atom is -0.329 e. The van der Waals surface area contributed by atoms with Gasteiger partial charge in [0.05, 0.1) is 12.2 Å². The average molecular weight is 258 g/mol. The SMILES string of the molecule is Cc1c(C(CN)N(C)Cc2ccccc2)cnn1C. The zero-order valence-electron chi connectivity index (χ0n) is 11.9. The van der Waals surface area contributed by atoms with E-state index in [9.17, 15) is 0 Å². The molecule has 0 aliphatic heterocycles. The van der Waals surface area contributed by atoms with E-state index >= 15 is 0 Å². The lowest BCUT2D eigenvalue weighted by molar-refractivity contribution is 0.241. The summed E-state index contributed by atoms with van der Waals surface area (Å²) in [7, 11) is 4.07. The second kappa shape index (κ2) is 5.99. The number of likely N-dealkylation sites (N-methyl/N-ethyl adjacent to an activating group) is 1. The molecule has 4 nitrogen and oxygen atoms in total. The monoisotopic (exact) mass is 258 g/mol. The van der Waals surface area contributed by atoms with Gasteiger partial charge in [0.1, 0.15) is 0 Å². The van der Waals surface area contributed by atoms with Gasteiger partial charge in [-0.3, -0.25) is 9.58 Å². The minimum absolute atomic E-state index is 0.203. The first-order valence-electron chi connectivity index (χ1n) is 6.56. The van der Waals surface area contributed by atoms with Gasteiger partial charge < -0.3 is 5.73 Å². The maximum absolute atomic E-state index is 5.96. The molecule has 0 fully saturated rings. The van der Waals surface area contributed by atoms with Crippen LogP contribution in [0.1, 0.15) is 22.9 Å². The number of aryl methyl sites for hydroxylation is 1. The Morgan fingerprint density at radius 2 is 2.00 bits per heavy atom. The molecule has 2 aromatic rings. The van der Waals surface area contributed by atoms with Crippen LogP contribution in [0, 0.1) is 6.92 Å². The van der Waals surface area contributed by atoms with Gasteiger partial charge >= 0.3 is 0 Å². The van der Waals surface area contributed by atoms with Crippen molar-refractivity contribution in [1.29, 1.82) is 0 Å². The molecule has 1 unspecified atom stereocenters. The first-order valence-corrected chi connectivity index (χ1v) is 6.56. The van der Waals surface area contributed by atoms with E-state index in [1.807, 2.05) is 24.0 Å². The van der Waals surface area contributed by atoms with E-state index in [2.05, 4.69) is 48.2 Å². The predicted molar refractivity (Wildman–Crippen MR) is 77.6 cm³/mol. The third-order valence-electron chi connectivity index (χ3n) is 3.66. The Balaban J connectivity index is 2.16. The van der Waals surface area contributed by atoms with Gasteiger partial charge in [0.25, 0.3) is 0 Å². The second-order valence-electron chi connectivity index (χ2n) is 4.96. The van der Waals surface area contributed by atoms with Crippen molar-refractivity contribution in [3.8, 4) is 0 Å². The fourth-order valence-corrected chi connectivity index (χ4v) is 2.37. The number of aromatic nitrogens is 2. The molecule has 2 rings (SSSR count). The molecule has 0 saturated heterocycles. The Morgan fingerprint density at radius 3 is 2.53 bits per heavy atom. The van der Waals surface area contributed by atoms with Crippen molar-refractivity contribution < 1.29 is 0 Å². The summed E-state index contributed by atoms with van der Waals surface area (Å²) < 4.78 is 1.90. The summed E-state index contributed by atoms with van der Waals surface area (Å²) in [4.78, 5) is 2.28. The van der Waals surface area contributed by atoms with Gasteiger partial charge in [-0.2, -0.15) is 5.10 Å². The molecule has 0 radical (unpaired) electrons. The lowest BCUT2D eigenvalue weighted by Gasteiger charge is -2.27. The molecular formula is C15H22N4. The van der Waals surface area contributed by atoms with Gasteiger partial charge in [-0.15, -0.1) is 0 Å². The highest BCUT2D eigenvalue weighted by atomic mass is 15.3. The molecule has 1 atom stereocenters. The molecule has 19 heavy (non-hydrogen) atoms. The Morgan fingerprint density at radius 1 is 1.32 bits per heavy atom. The fourth-order valence-electron chi connectivity index (χ4n) is 2.37. The second-order valence-corrected chi connectivity index (χ2v) is 4.96. The molecule has 4 heteroatoms. The third kappa shape index (κ3) is 3.03. The van der Waals surface area contributed by atoms with E-state index in [0.29, 0.717) is 6.54 Å². The Labute approximate surface area is 114 Å². The van der Waals surface area contributed by atoms with Gasteiger partial charge in [0, 0.05) is 31.4 Å². The number of hydrogen-bond acceptors (Lipinski definition) is 3. The molecule has 1 heterocycles. The molecule has 0 amide bonds. The quantitative estimate of drug-likeness (QED) is 0.890. The molecule has 0 saturated carbocycles. The van der Waals surface area contributed by atoms with Crippen molar-refractivity contribution in [1.82, 2.24) is 14.7 Å². The van der Waals surface area contributed by atoms with E-state index in [4.69, 9.17) is 5.73 Å². The topological polar surface area (TPSA) is 47.1 Å². The molecule has 1 aromatic heterocycles. The van der Waals surface area contributed by atoms with Gasteiger partial charge in [-0.25, -0.2) is 0 Å². The zero-order chi connectivity index (χ0) is 13.8. The highest BCUT2D eigenvalue weighted by Crippen LogP contribution is 2.22. The maximum atomic E-state index is 5.96. The molecule has 0 aliphatic carbocycles. The van der Waals surface area contributed by atoms with E-state index in [1.165, 1.54) is 16.8 Å². The Bertz CT molecular complexity index is 518. The molecule has 102 valence electrons. The van der Waals surface area contributed by atoms with E-state index in [1.54, 1.807) is 0 Å². The van der Waals surface area contributed by atoms with Crippen molar-refractivity contribution in [2.45, 2.75) is 19.5 Å².